The zero-order valence-corrected chi connectivity index (χ0v) is 14.3. The summed E-state index contributed by atoms with van der Waals surface area (Å²) in [6.45, 7) is 7.25. The minimum atomic E-state index is -0.0874. The number of hydrogen-bond acceptors (Lipinski definition) is 6. The number of hydrogen-bond donors (Lipinski definition) is 2. The highest BCUT2D eigenvalue weighted by Crippen LogP contribution is 2.26. The van der Waals surface area contributed by atoms with Crippen molar-refractivity contribution in [2.75, 3.05) is 18.8 Å². The molecule has 0 saturated carbocycles. The number of carbonyl (C=O) groups excluding carboxylic acids is 1. The van der Waals surface area contributed by atoms with Crippen LogP contribution < -0.4 is 5.73 Å². The summed E-state index contributed by atoms with van der Waals surface area (Å²) in [5.74, 6) is 2.21. The Morgan fingerprint density at radius 3 is 2.58 bits per heavy atom. The van der Waals surface area contributed by atoms with Crippen LogP contribution in [0, 0.1) is 6.92 Å². The Bertz CT molecular complexity index is 732. The summed E-state index contributed by atoms with van der Waals surface area (Å²) in [6.07, 6.45) is 1.70. The van der Waals surface area contributed by atoms with E-state index >= 15 is 0 Å². The highest BCUT2D eigenvalue weighted by Gasteiger charge is 2.27. The zero-order valence-electron chi connectivity index (χ0n) is 14.3. The Labute approximate surface area is 140 Å². The lowest BCUT2D eigenvalue weighted by atomic mass is 9.96. The van der Waals surface area contributed by atoms with Crippen molar-refractivity contribution in [3.8, 4) is 0 Å². The number of nitrogens with zero attached hydrogens (tertiary/aromatic N) is 5. The smallest absolute Gasteiger partial charge is 0.272 e. The molecule has 3 N–H and O–H groups in total. The van der Waals surface area contributed by atoms with Crippen molar-refractivity contribution < 1.29 is 4.79 Å². The van der Waals surface area contributed by atoms with E-state index < -0.39 is 0 Å². The minimum absolute atomic E-state index is 0.0874. The van der Waals surface area contributed by atoms with Crippen LogP contribution in [-0.4, -0.2) is 49.0 Å². The summed E-state index contributed by atoms with van der Waals surface area (Å²) in [4.78, 5) is 27.2. The first kappa shape index (κ1) is 16.4. The predicted molar refractivity (Wildman–Crippen MR) is 89.5 cm³/mol. The summed E-state index contributed by atoms with van der Waals surface area (Å²) in [5.41, 5.74) is 6.91. The van der Waals surface area contributed by atoms with Gasteiger partial charge in [-0.25, -0.2) is 15.0 Å². The van der Waals surface area contributed by atoms with E-state index in [1.165, 1.54) is 0 Å². The summed E-state index contributed by atoms with van der Waals surface area (Å²) in [5, 5.41) is 7.11. The van der Waals surface area contributed by atoms with Gasteiger partial charge in [-0.2, -0.15) is 5.10 Å². The van der Waals surface area contributed by atoms with Gasteiger partial charge < -0.3 is 10.6 Å². The molecule has 1 saturated heterocycles. The number of rotatable bonds is 3. The molecule has 0 aromatic carbocycles. The highest BCUT2D eigenvalue weighted by molar-refractivity contribution is 5.92. The lowest BCUT2D eigenvalue weighted by molar-refractivity contribution is 0.0705. The molecule has 0 bridgehead atoms. The molecule has 3 heterocycles. The van der Waals surface area contributed by atoms with Gasteiger partial charge in [0.15, 0.2) is 5.82 Å². The molecule has 0 spiro atoms. The van der Waals surface area contributed by atoms with Gasteiger partial charge in [0.1, 0.15) is 11.5 Å². The van der Waals surface area contributed by atoms with Crippen LogP contribution >= 0.6 is 0 Å². The fourth-order valence-corrected chi connectivity index (χ4v) is 2.94. The average Bonchev–Trinajstić information content (AvgIpc) is 3.00. The fraction of sp³-hybridized carbons (Fsp3) is 0.562. The standard InChI is InChI=1S/C16H23N7O/c1-9(2)12-8-13(20-16(17)19-12)15(24)23-6-4-11(5-7-23)14-18-10(3)21-22-14/h8-9,11H,4-7H2,1-3H3,(H2,17,19,20)(H,18,21,22). The fourth-order valence-electron chi connectivity index (χ4n) is 2.94. The van der Waals surface area contributed by atoms with Gasteiger partial charge in [0, 0.05) is 24.7 Å². The van der Waals surface area contributed by atoms with E-state index in [0.29, 0.717) is 24.7 Å². The second-order valence-corrected chi connectivity index (χ2v) is 6.54. The van der Waals surface area contributed by atoms with Gasteiger partial charge in [-0.3, -0.25) is 9.89 Å². The summed E-state index contributed by atoms with van der Waals surface area (Å²) in [6, 6.07) is 1.74. The Kier molecular flexibility index (Phi) is 4.46. The van der Waals surface area contributed by atoms with Gasteiger partial charge >= 0.3 is 0 Å². The van der Waals surface area contributed by atoms with Crippen molar-refractivity contribution in [1.82, 2.24) is 30.0 Å². The third-order valence-electron chi connectivity index (χ3n) is 4.34. The van der Waals surface area contributed by atoms with Crippen molar-refractivity contribution in [1.29, 1.82) is 0 Å². The Balaban J connectivity index is 1.69. The Morgan fingerprint density at radius 2 is 2.00 bits per heavy atom. The molecule has 0 atom stereocenters. The van der Waals surface area contributed by atoms with Crippen molar-refractivity contribution >= 4 is 11.9 Å². The second-order valence-electron chi connectivity index (χ2n) is 6.54. The predicted octanol–water partition coefficient (Wildman–Crippen LogP) is 1.63. The van der Waals surface area contributed by atoms with Crippen LogP contribution in [0.2, 0.25) is 0 Å². The van der Waals surface area contributed by atoms with Gasteiger partial charge in [0.05, 0.1) is 0 Å². The number of amides is 1. The van der Waals surface area contributed by atoms with Crippen LogP contribution in [-0.2, 0) is 0 Å². The van der Waals surface area contributed by atoms with E-state index in [9.17, 15) is 4.79 Å². The van der Waals surface area contributed by atoms with Gasteiger partial charge in [-0.05, 0) is 31.7 Å². The van der Waals surface area contributed by atoms with Crippen molar-refractivity contribution in [3.05, 3.63) is 29.1 Å². The number of likely N-dealkylation sites (tertiary alicyclic amines) is 1. The molecule has 3 rings (SSSR count). The minimum Gasteiger partial charge on any atom is -0.368 e. The van der Waals surface area contributed by atoms with Crippen LogP contribution in [0.25, 0.3) is 0 Å². The molecule has 1 amide bonds. The molecule has 0 radical (unpaired) electrons. The third kappa shape index (κ3) is 3.37. The van der Waals surface area contributed by atoms with Crippen LogP contribution in [0.3, 0.4) is 0 Å². The quantitative estimate of drug-likeness (QED) is 0.884. The van der Waals surface area contributed by atoms with E-state index in [1.54, 1.807) is 6.07 Å². The van der Waals surface area contributed by atoms with Crippen LogP contribution in [0.5, 0.6) is 0 Å². The van der Waals surface area contributed by atoms with Crippen molar-refractivity contribution in [2.45, 2.75) is 45.4 Å². The maximum absolute atomic E-state index is 12.7. The molecule has 0 unspecified atom stereocenters. The van der Waals surface area contributed by atoms with Gasteiger partial charge in [-0.15, -0.1) is 0 Å². The number of nitrogen functional groups attached to an aromatic ring is 1. The van der Waals surface area contributed by atoms with Crippen molar-refractivity contribution in [2.24, 2.45) is 0 Å². The molecular formula is C16H23N7O. The SMILES string of the molecule is Cc1nc(C2CCN(C(=O)c3cc(C(C)C)nc(N)n3)CC2)n[nH]1. The number of anilines is 1. The Hall–Kier alpha value is -2.51. The zero-order chi connectivity index (χ0) is 17.3. The number of piperidine rings is 1. The van der Waals surface area contributed by atoms with Crippen molar-refractivity contribution in [3.63, 3.8) is 0 Å². The maximum atomic E-state index is 12.7. The number of aromatic nitrogens is 5. The first-order valence-corrected chi connectivity index (χ1v) is 8.26. The monoisotopic (exact) mass is 329 g/mol. The number of aromatic amines is 1. The third-order valence-corrected chi connectivity index (χ3v) is 4.34. The normalized spacial score (nSPS) is 15.9. The molecule has 8 heteroatoms. The molecule has 0 aliphatic carbocycles. The average molecular weight is 329 g/mol. The van der Waals surface area contributed by atoms with Gasteiger partial charge in [0.2, 0.25) is 5.95 Å². The lowest BCUT2D eigenvalue weighted by Gasteiger charge is -2.30. The number of carbonyl (C=O) groups is 1. The van der Waals surface area contributed by atoms with Gasteiger partial charge in [0.25, 0.3) is 5.91 Å². The number of nitrogens with two attached hydrogens (primary N) is 1. The van der Waals surface area contributed by atoms with E-state index in [1.807, 2.05) is 25.7 Å². The largest absolute Gasteiger partial charge is 0.368 e. The Morgan fingerprint density at radius 1 is 1.29 bits per heavy atom. The summed E-state index contributed by atoms with van der Waals surface area (Å²) < 4.78 is 0. The molecule has 2 aromatic rings. The molecule has 1 aliphatic heterocycles. The van der Waals surface area contributed by atoms with Gasteiger partial charge in [-0.1, -0.05) is 13.8 Å². The summed E-state index contributed by atoms with van der Waals surface area (Å²) >= 11 is 0. The second kappa shape index (κ2) is 6.54. The molecular weight excluding hydrogens is 306 g/mol. The van der Waals surface area contributed by atoms with E-state index in [0.717, 1.165) is 30.2 Å². The van der Waals surface area contributed by atoms with E-state index in [4.69, 9.17) is 5.73 Å². The van der Waals surface area contributed by atoms with Crippen LogP contribution in [0.1, 0.15) is 66.4 Å². The first-order valence-electron chi connectivity index (χ1n) is 8.26. The number of aryl methyl sites for hydroxylation is 1. The topological polar surface area (TPSA) is 114 Å². The van der Waals surface area contributed by atoms with Crippen LogP contribution in [0.4, 0.5) is 5.95 Å². The summed E-state index contributed by atoms with van der Waals surface area (Å²) in [7, 11) is 0. The molecule has 24 heavy (non-hydrogen) atoms. The highest BCUT2D eigenvalue weighted by atomic mass is 16.2. The maximum Gasteiger partial charge on any atom is 0.272 e. The molecule has 1 aliphatic rings. The number of nitrogens with one attached hydrogen (secondary N) is 1. The molecule has 128 valence electrons. The number of H-pyrrole nitrogens is 1. The molecule has 1 fully saturated rings. The van der Waals surface area contributed by atoms with E-state index in [-0.39, 0.29) is 17.8 Å². The molecule has 2 aromatic heterocycles. The first-order chi connectivity index (χ1) is 11.4. The molecule has 8 nitrogen and oxygen atoms in total. The van der Waals surface area contributed by atoms with Crippen LogP contribution in [0.15, 0.2) is 6.07 Å². The lowest BCUT2D eigenvalue weighted by Crippen LogP contribution is -2.38. The van der Waals surface area contributed by atoms with E-state index in [2.05, 4.69) is 25.1 Å².